The van der Waals surface area contributed by atoms with Gasteiger partial charge in [-0.1, -0.05) is 18.7 Å². The highest BCUT2D eigenvalue weighted by Crippen LogP contribution is 2.31. The highest BCUT2D eigenvalue weighted by Gasteiger charge is 2.18. The summed E-state index contributed by atoms with van der Waals surface area (Å²) in [5.41, 5.74) is 10.1. The minimum absolute atomic E-state index is 0.397. The normalized spacial score (nSPS) is 10.9. The Morgan fingerprint density at radius 1 is 1.11 bits per heavy atom. The summed E-state index contributed by atoms with van der Waals surface area (Å²) in [4.78, 5) is 13.5. The number of aromatic nitrogens is 4. The highest BCUT2D eigenvalue weighted by molar-refractivity contribution is 6.17. The Labute approximate surface area is 160 Å². The second kappa shape index (κ2) is 7.09. The molecular formula is C20H16ClN5O. The molecule has 3 heterocycles. The summed E-state index contributed by atoms with van der Waals surface area (Å²) in [6, 6.07) is 15.2. The Morgan fingerprint density at radius 2 is 1.93 bits per heavy atom. The second-order valence-electron chi connectivity index (χ2n) is 5.78. The van der Waals surface area contributed by atoms with Gasteiger partial charge in [-0.05, 0) is 35.9 Å². The van der Waals surface area contributed by atoms with Crippen LogP contribution in [0.2, 0.25) is 0 Å². The van der Waals surface area contributed by atoms with Crippen molar-refractivity contribution in [2.75, 3.05) is 5.73 Å². The van der Waals surface area contributed by atoms with Crippen LogP contribution in [-0.2, 0) is 5.88 Å². The van der Waals surface area contributed by atoms with Crippen LogP contribution in [0, 0.1) is 0 Å². The number of pyridine rings is 2. The van der Waals surface area contributed by atoms with E-state index in [4.69, 9.17) is 27.1 Å². The fraction of sp³-hybridized carbons (Fsp3) is 0.0500. The summed E-state index contributed by atoms with van der Waals surface area (Å²) >= 11 is 5.92. The number of fused-ring (bicyclic) bond motifs is 1. The lowest BCUT2D eigenvalue weighted by Gasteiger charge is -2.11. The zero-order chi connectivity index (χ0) is 18.8. The summed E-state index contributed by atoms with van der Waals surface area (Å²) in [5, 5.41) is 0. The van der Waals surface area contributed by atoms with E-state index in [1.54, 1.807) is 12.3 Å². The average Bonchev–Trinajstić information content (AvgIpc) is 3.07. The molecule has 0 fully saturated rings. The van der Waals surface area contributed by atoms with Crippen molar-refractivity contribution >= 4 is 28.6 Å². The van der Waals surface area contributed by atoms with Crippen LogP contribution in [0.1, 0.15) is 5.56 Å². The van der Waals surface area contributed by atoms with Crippen molar-refractivity contribution < 1.29 is 4.74 Å². The van der Waals surface area contributed by atoms with E-state index in [0.717, 1.165) is 16.8 Å². The predicted molar refractivity (Wildman–Crippen MR) is 107 cm³/mol. The molecule has 0 spiro atoms. The average molecular weight is 378 g/mol. The number of rotatable bonds is 5. The van der Waals surface area contributed by atoms with Gasteiger partial charge in [-0.15, -0.1) is 11.6 Å². The van der Waals surface area contributed by atoms with E-state index in [9.17, 15) is 0 Å². The van der Waals surface area contributed by atoms with Crippen molar-refractivity contribution in [2.45, 2.75) is 5.88 Å². The number of anilines is 1. The molecule has 4 aromatic rings. The lowest BCUT2D eigenvalue weighted by Crippen LogP contribution is -2.02. The molecule has 0 saturated carbocycles. The second-order valence-corrected chi connectivity index (χ2v) is 6.05. The molecule has 134 valence electrons. The van der Waals surface area contributed by atoms with Crippen LogP contribution in [0.5, 0.6) is 5.88 Å². The van der Waals surface area contributed by atoms with Gasteiger partial charge in [0.1, 0.15) is 11.3 Å². The minimum atomic E-state index is 0.397. The zero-order valence-electron chi connectivity index (χ0n) is 14.3. The lowest BCUT2D eigenvalue weighted by atomic mass is 10.2. The van der Waals surface area contributed by atoms with E-state index in [1.807, 2.05) is 47.0 Å². The molecule has 7 heteroatoms. The fourth-order valence-electron chi connectivity index (χ4n) is 2.86. The molecule has 0 aliphatic carbocycles. The number of hydrogen-bond acceptors (Lipinski definition) is 5. The van der Waals surface area contributed by atoms with E-state index in [0.29, 0.717) is 34.6 Å². The van der Waals surface area contributed by atoms with Gasteiger partial charge in [-0.3, -0.25) is 4.57 Å². The number of benzene rings is 1. The van der Waals surface area contributed by atoms with E-state index in [2.05, 4.69) is 16.5 Å². The number of nitrogens with two attached hydrogens (primary N) is 1. The van der Waals surface area contributed by atoms with Crippen molar-refractivity contribution in [1.29, 1.82) is 0 Å². The topological polar surface area (TPSA) is 78.9 Å². The molecule has 0 saturated heterocycles. The highest BCUT2D eigenvalue weighted by atomic mass is 35.5. The summed E-state index contributed by atoms with van der Waals surface area (Å²) < 4.78 is 7.26. The Bertz CT molecular complexity index is 1120. The van der Waals surface area contributed by atoms with Gasteiger partial charge in [-0.25, -0.2) is 9.97 Å². The molecule has 4 rings (SSSR count). The van der Waals surface area contributed by atoms with Crippen LogP contribution in [-0.4, -0.2) is 19.5 Å². The van der Waals surface area contributed by atoms with Crippen molar-refractivity contribution in [3.63, 3.8) is 0 Å². The molecule has 0 unspecified atom stereocenters. The zero-order valence-corrected chi connectivity index (χ0v) is 15.1. The van der Waals surface area contributed by atoms with E-state index >= 15 is 0 Å². The van der Waals surface area contributed by atoms with Crippen LogP contribution in [0.15, 0.2) is 67.6 Å². The monoisotopic (exact) mass is 377 g/mol. The minimum Gasteiger partial charge on any atom is -0.447 e. The predicted octanol–water partition coefficient (Wildman–Crippen LogP) is 4.33. The summed E-state index contributed by atoms with van der Waals surface area (Å²) in [6.07, 6.45) is 2.99. The third-order valence-electron chi connectivity index (χ3n) is 4.11. The number of alkyl halides is 1. The molecule has 0 amide bonds. The first kappa shape index (κ1) is 17.1. The maximum Gasteiger partial charge on any atom is 0.220 e. The first-order chi connectivity index (χ1) is 13.2. The van der Waals surface area contributed by atoms with Crippen molar-refractivity contribution in [2.24, 2.45) is 0 Å². The van der Waals surface area contributed by atoms with Crippen LogP contribution in [0.3, 0.4) is 0 Å². The number of ether oxygens (including phenoxy) is 1. The van der Waals surface area contributed by atoms with Crippen LogP contribution < -0.4 is 10.5 Å². The molecule has 3 aromatic heterocycles. The number of nitrogen functional groups attached to an aromatic ring is 1. The number of hydrogen-bond donors (Lipinski definition) is 1. The van der Waals surface area contributed by atoms with Gasteiger partial charge in [0.25, 0.3) is 0 Å². The number of halogens is 1. The summed E-state index contributed by atoms with van der Waals surface area (Å²) in [6.45, 7) is 3.58. The molecule has 0 aliphatic heterocycles. The van der Waals surface area contributed by atoms with Gasteiger partial charge in [0.15, 0.2) is 11.5 Å². The standard InChI is InChI=1S/C20H16ClN5O/c1-2-27-17-10-9-16-20(25-17)26(14-7-5-13(12-21)6-8-14)19(24-16)15-4-3-11-23-18(15)22/h2-11H,1,12H2,(H2,22,23). The molecular weight excluding hydrogens is 362 g/mol. The quantitative estimate of drug-likeness (QED) is 0.413. The lowest BCUT2D eigenvalue weighted by molar-refractivity contribution is 0.465. The fourth-order valence-corrected chi connectivity index (χ4v) is 3.04. The number of nitrogens with zero attached hydrogens (tertiary/aromatic N) is 4. The molecule has 2 N–H and O–H groups in total. The van der Waals surface area contributed by atoms with Crippen LogP contribution in [0.25, 0.3) is 28.2 Å². The molecule has 1 aromatic carbocycles. The third kappa shape index (κ3) is 3.11. The first-order valence-electron chi connectivity index (χ1n) is 8.24. The van der Waals surface area contributed by atoms with Gasteiger partial charge >= 0.3 is 0 Å². The Hall–Kier alpha value is -3.38. The maximum atomic E-state index is 6.10. The Balaban J connectivity index is 2.01. The van der Waals surface area contributed by atoms with Gasteiger partial charge in [-0.2, -0.15) is 4.98 Å². The summed E-state index contributed by atoms with van der Waals surface area (Å²) in [5.74, 6) is 1.93. The van der Waals surface area contributed by atoms with Gasteiger partial charge in [0.05, 0.1) is 11.8 Å². The smallest absolute Gasteiger partial charge is 0.220 e. The molecule has 0 aliphatic rings. The Kier molecular flexibility index (Phi) is 4.48. The van der Waals surface area contributed by atoms with Crippen molar-refractivity contribution in [3.05, 3.63) is 73.1 Å². The van der Waals surface area contributed by atoms with Gasteiger partial charge in [0.2, 0.25) is 5.88 Å². The Morgan fingerprint density at radius 3 is 2.63 bits per heavy atom. The van der Waals surface area contributed by atoms with E-state index in [-0.39, 0.29) is 0 Å². The first-order valence-corrected chi connectivity index (χ1v) is 8.78. The van der Waals surface area contributed by atoms with E-state index < -0.39 is 0 Å². The SMILES string of the molecule is C=COc1ccc2nc(-c3cccnc3N)n(-c3ccc(CCl)cc3)c2n1. The van der Waals surface area contributed by atoms with Crippen LogP contribution >= 0.6 is 11.6 Å². The van der Waals surface area contributed by atoms with Gasteiger partial charge in [0, 0.05) is 23.8 Å². The summed E-state index contributed by atoms with van der Waals surface area (Å²) in [7, 11) is 0. The van der Waals surface area contributed by atoms with Crippen molar-refractivity contribution in [1.82, 2.24) is 19.5 Å². The molecule has 0 bridgehead atoms. The van der Waals surface area contributed by atoms with Crippen molar-refractivity contribution in [3.8, 4) is 23.0 Å². The molecule has 0 radical (unpaired) electrons. The molecule has 27 heavy (non-hydrogen) atoms. The van der Waals surface area contributed by atoms with Gasteiger partial charge < -0.3 is 10.5 Å². The molecule has 0 atom stereocenters. The van der Waals surface area contributed by atoms with Crippen LogP contribution in [0.4, 0.5) is 5.82 Å². The largest absolute Gasteiger partial charge is 0.447 e. The number of imidazole rings is 1. The van der Waals surface area contributed by atoms with E-state index in [1.165, 1.54) is 6.26 Å². The molecule has 6 nitrogen and oxygen atoms in total. The third-order valence-corrected chi connectivity index (χ3v) is 4.42. The maximum absolute atomic E-state index is 6.10.